The van der Waals surface area contributed by atoms with E-state index in [4.69, 9.17) is 4.52 Å². The summed E-state index contributed by atoms with van der Waals surface area (Å²) in [6.45, 7) is 3.07. The molecular weight excluding hydrogens is 424 g/mol. The summed E-state index contributed by atoms with van der Waals surface area (Å²) in [4.78, 5) is 6.84. The van der Waals surface area contributed by atoms with Crippen molar-refractivity contribution < 1.29 is 12.9 Å². The van der Waals surface area contributed by atoms with Gasteiger partial charge in [-0.05, 0) is 68.0 Å². The van der Waals surface area contributed by atoms with E-state index in [1.54, 1.807) is 6.07 Å². The van der Waals surface area contributed by atoms with E-state index in [0.717, 1.165) is 43.3 Å². The molecule has 8 heteroatoms. The highest BCUT2D eigenvalue weighted by molar-refractivity contribution is 7.92. The number of hydrogen-bond donors (Lipinski definition) is 1. The maximum absolute atomic E-state index is 12.1. The van der Waals surface area contributed by atoms with Crippen LogP contribution in [0.2, 0.25) is 0 Å². The quantitative estimate of drug-likeness (QED) is 0.605. The minimum absolute atomic E-state index is 0.346. The van der Waals surface area contributed by atoms with Gasteiger partial charge in [-0.1, -0.05) is 29.4 Å². The Labute approximate surface area is 188 Å². The van der Waals surface area contributed by atoms with Crippen molar-refractivity contribution in [1.29, 1.82) is 0 Å². The predicted octanol–water partition coefficient (Wildman–Crippen LogP) is 4.72. The fourth-order valence-corrected chi connectivity index (χ4v) is 5.07. The molecule has 1 fully saturated rings. The van der Waals surface area contributed by atoms with Crippen LogP contribution in [0.5, 0.6) is 0 Å². The number of sulfonamides is 1. The molecule has 32 heavy (non-hydrogen) atoms. The van der Waals surface area contributed by atoms with Crippen molar-refractivity contribution in [3.63, 3.8) is 0 Å². The van der Waals surface area contributed by atoms with Gasteiger partial charge < -0.3 is 9.42 Å². The topological polar surface area (TPSA) is 88.3 Å². The first-order valence-corrected chi connectivity index (χ1v) is 12.8. The lowest BCUT2D eigenvalue weighted by Gasteiger charge is -2.36. The van der Waals surface area contributed by atoms with Gasteiger partial charge in [0.05, 0.1) is 17.6 Å². The largest absolute Gasteiger partial charge is 0.367 e. The molecule has 166 valence electrons. The molecule has 1 unspecified atom stereocenters. The Morgan fingerprint density at radius 3 is 2.78 bits per heavy atom. The average Bonchev–Trinajstić information content (AvgIpc) is 3.42. The van der Waals surface area contributed by atoms with Gasteiger partial charge in [0.2, 0.25) is 15.8 Å². The number of anilines is 2. The Morgan fingerprint density at radius 2 is 1.97 bits per heavy atom. The predicted molar refractivity (Wildman–Crippen MR) is 127 cm³/mol. The highest BCUT2D eigenvalue weighted by atomic mass is 32.2. The minimum Gasteiger partial charge on any atom is -0.367 e. The van der Waals surface area contributed by atoms with Gasteiger partial charge in [-0.2, -0.15) is 4.98 Å². The highest BCUT2D eigenvalue weighted by Crippen LogP contribution is 2.36. The van der Waals surface area contributed by atoms with Crippen LogP contribution in [-0.4, -0.2) is 37.4 Å². The summed E-state index contributed by atoms with van der Waals surface area (Å²) in [5, 5.41) is 4.16. The summed E-state index contributed by atoms with van der Waals surface area (Å²) in [5.74, 6) is 0.861. The van der Waals surface area contributed by atoms with E-state index in [1.807, 2.05) is 18.2 Å². The van der Waals surface area contributed by atoms with E-state index >= 15 is 0 Å². The van der Waals surface area contributed by atoms with Gasteiger partial charge in [0, 0.05) is 23.7 Å². The summed E-state index contributed by atoms with van der Waals surface area (Å²) in [7, 11) is -3.45. The number of piperidine rings is 1. The van der Waals surface area contributed by atoms with Gasteiger partial charge in [0.1, 0.15) is 0 Å². The van der Waals surface area contributed by atoms with Crippen LogP contribution in [-0.2, 0) is 16.4 Å². The Balaban J connectivity index is 1.50. The van der Waals surface area contributed by atoms with Crippen molar-refractivity contribution in [2.75, 3.05) is 22.4 Å². The number of hydrogen-bond acceptors (Lipinski definition) is 6. The van der Waals surface area contributed by atoms with Gasteiger partial charge >= 0.3 is 0 Å². The summed E-state index contributed by atoms with van der Waals surface area (Å²) in [5.41, 5.74) is 5.42. The van der Waals surface area contributed by atoms with E-state index in [0.29, 0.717) is 29.0 Å². The van der Waals surface area contributed by atoms with Gasteiger partial charge in [0.15, 0.2) is 0 Å². The summed E-state index contributed by atoms with van der Waals surface area (Å²) < 4.78 is 32.3. The lowest BCUT2D eigenvalue weighted by Crippen LogP contribution is -2.38. The molecule has 0 spiro atoms. The van der Waals surface area contributed by atoms with E-state index in [9.17, 15) is 8.42 Å². The zero-order valence-electron chi connectivity index (χ0n) is 18.2. The van der Waals surface area contributed by atoms with Crippen molar-refractivity contribution in [2.45, 2.75) is 38.6 Å². The second kappa shape index (κ2) is 8.09. The third kappa shape index (κ3) is 4.14. The standard InChI is InChI=1S/C24H26N4O3S/c1-16-6-3-4-13-28(16)22-12-11-20(15-21(22)27-32(2,29)30)24-25-23(26-31-24)19-10-9-17-7-5-8-18(17)14-19/h5,8-12,14-16,27H,3-4,6-7,13H2,1-2H3. The summed E-state index contributed by atoms with van der Waals surface area (Å²) in [6, 6.07) is 12.1. The number of nitrogens with zero attached hydrogens (tertiary/aromatic N) is 3. The highest BCUT2D eigenvalue weighted by Gasteiger charge is 2.23. The van der Waals surface area contributed by atoms with Crippen LogP contribution in [0.15, 0.2) is 47.0 Å². The Bertz CT molecular complexity index is 1300. The molecule has 2 aromatic carbocycles. The van der Waals surface area contributed by atoms with E-state index < -0.39 is 10.0 Å². The zero-order chi connectivity index (χ0) is 22.3. The monoisotopic (exact) mass is 450 g/mol. The van der Waals surface area contributed by atoms with Gasteiger partial charge in [0.25, 0.3) is 5.89 Å². The van der Waals surface area contributed by atoms with Crippen LogP contribution < -0.4 is 9.62 Å². The Hall–Kier alpha value is -3.13. The molecule has 7 nitrogen and oxygen atoms in total. The molecule has 3 aromatic rings. The number of fused-ring (bicyclic) bond motifs is 1. The van der Waals surface area contributed by atoms with E-state index in [1.165, 1.54) is 17.5 Å². The van der Waals surface area contributed by atoms with Crippen molar-refractivity contribution >= 4 is 27.5 Å². The molecule has 0 bridgehead atoms. The van der Waals surface area contributed by atoms with Crippen LogP contribution in [0.3, 0.4) is 0 Å². The second-order valence-electron chi connectivity index (χ2n) is 8.59. The van der Waals surface area contributed by atoms with Crippen molar-refractivity contribution in [3.05, 3.63) is 53.6 Å². The number of benzene rings is 2. The van der Waals surface area contributed by atoms with Crippen LogP contribution in [0.4, 0.5) is 11.4 Å². The number of nitrogens with one attached hydrogen (secondary N) is 1. The van der Waals surface area contributed by atoms with Crippen LogP contribution in [0.1, 0.15) is 37.3 Å². The lowest BCUT2D eigenvalue weighted by molar-refractivity contribution is 0.432. The van der Waals surface area contributed by atoms with Crippen molar-refractivity contribution in [1.82, 2.24) is 10.1 Å². The van der Waals surface area contributed by atoms with Crippen LogP contribution in [0.25, 0.3) is 28.9 Å². The van der Waals surface area contributed by atoms with E-state index in [2.05, 4.69) is 51.0 Å². The molecule has 2 aliphatic rings. The Kier molecular flexibility index (Phi) is 5.25. The molecular formula is C24H26N4O3S. The Morgan fingerprint density at radius 1 is 1.12 bits per heavy atom. The molecule has 1 aliphatic carbocycles. The molecule has 5 rings (SSSR count). The number of allylic oxidation sites excluding steroid dienone is 1. The zero-order valence-corrected chi connectivity index (χ0v) is 19.0. The second-order valence-corrected chi connectivity index (χ2v) is 10.3. The molecule has 1 N–H and O–H groups in total. The molecule has 0 saturated carbocycles. The lowest BCUT2D eigenvalue weighted by atomic mass is 10.0. The van der Waals surface area contributed by atoms with Gasteiger partial charge in [-0.3, -0.25) is 4.72 Å². The van der Waals surface area contributed by atoms with Crippen molar-refractivity contribution in [2.24, 2.45) is 0 Å². The average molecular weight is 451 g/mol. The third-order valence-corrected chi connectivity index (χ3v) is 6.71. The fraction of sp³-hybridized carbons (Fsp3) is 0.333. The molecule has 1 aromatic heterocycles. The maximum atomic E-state index is 12.1. The van der Waals surface area contributed by atoms with Gasteiger partial charge in [-0.15, -0.1) is 0 Å². The number of rotatable bonds is 5. The smallest absolute Gasteiger partial charge is 0.258 e. The maximum Gasteiger partial charge on any atom is 0.258 e. The van der Waals surface area contributed by atoms with E-state index in [-0.39, 0.29) is 0 Å². The first-order chi connectivity index (χ1) is 15.4. The SMILES string of the molecule is CC1CCCCN1c1ccc(-c2nc(-c3ccc4c(c3)C=CC4)no2)cc1NS(C)(=O)=O. The molecule has 0 radical (unpaired) electrons. The summed E-state index contributed by atoms with van der Waals surface area (Å²) >= 11 is 0. The first kappa shape index (κ1) is 20.8. The first-order valence-electron chi connectivity index (χ1n) is 10.9. The van der Waals surface area contributed by atoms with Crippen molar-refractivity contribution in [3.8, 4) is 22.8 Å². The van der Waals surface area contributed by atoms with Crippen LogP contribution >= 0.6 is 0 Å². The summed E-state index contributed by atoms with van der Waals surface area (Å²) in [6.07, 6.45) is 9.71. The van der Waals surface area contributed by atoms with Crippen LogP contribution in [0, 0.1) is 0 Å². The fourth-order valence-electron chi connectivity index (χ4n) is 4.50. The minimum atomic E-state index is -3.45. The normalized spacial score (nSPS) is 18.1. The van der Waals surface area contributed by atoms with Gasteiger partial charge in [-0.25, -0.2) is 8.42 Å². The molecule has 0 amide bonds. The third-order valence-electron chi connectivity index (χ3n) is 6.12. The molecule has 1 aliphatic heterocycles. The molecule has 1 saturated heterocycles. The molecule has 1 atom stereocenters. The molecule has 2 heterocycles. The number of aromatic nitrogens is 2.